The number of unbranched alkanes of at least 4 members (excludes halogenated alkanes) is 4. The molecule has 0 radical (unpaired) electrons. The van der Waals surface area contributed by atoms with Crippen LogP contribution in [0.4, 0.5) is 22.7 Å². The van der Waals surface area contributed by atoms with Crippen LogP contribution in [-0.2, 0) is 25.7 Å². The van der Waals surface area contributed by atoms with Gasteiger partial charge >= 0.3 is 0 Å². The SMILES string of the molecule is CCCCc1cc(CCCC)cc(N2/C(=C3\Sc4ccccc4N3c3cc(CCCC)cc(CCCC)c3)Sc3ccccc32)c1. The fourth-order valence-corrected chi connectivity index (χ4v) is 9.05. The van der Waals surface area contributed by atoms with Crippen LogP contribution < -0.4 is 9.80 Å². The van der Waals surface area contributed by atoms with E-state index in [1.54, 1.807) is 0 Å². The highest BCUT2D eigenvalue weighted by Gasteiger charge is 2.36. The lowest BCUT2D eigenvalue weighted by atomic mass is 10.00. The highest BCUT2D eigenvalue weighted by Crippen LogP contribution is 2.58. The summed E-state index contributed by atoms with van der Waals surface area (Å²) >= 11 is 3.86. The largest absolute Gasteiger partial charge is 0.301 e. The molecule has 0 spiro atoms. The second-order valence-electron chi connectivity index (χ2n) is 12.9. The third-order valence-corrected chi connectivity index (χ3v) is 11.5. The van der Waals surface area contributed by atoms with Crippen molar-refractivity contribution in [2.75, 3.05) is 9.80 Å². The van der Waals surface area contributed by atoms with Crippen LogP contribution in [0.1, 0.15) is 101 Å². The van der Waals surface area contributed by atoms with Crippen molar-refractivity contribution in [1.82, 2.24) is 0 Å². The number of aryl methyl sites for hydroxylation is 4. The van der Waals surface area contributed by atoms with Crippen LogP contribution in [0.3, 0.4) is 0 Å². The molecule has 0 atom stereocenters. The van der Waals surface area contributed by atoms with Crippen molar-refractivity contribution in [2.45, 2.75) is 115 Å². The first-order valence-electron chi connectivity index (χ1n) is 17.8. The molecule has 0 N–H and O–H groups in total. The normalized spacial score (nSPS) is 15.5. The van der Waals surface area contributed by atoms with Crippen LogP contribution >= 0.6 is 23.5 Å². The number of hydrogen-bond donors (Lipinski definition) is 0. The summed E-state index contributed by atoms with van der Waals surface area (Å²) in [5.74, 6) is 0. The number of rotatable bonds is 14. The van der Waals surface area contributed by atoms with E-state index in [2.05, 4.69) is 122 Å². The number of fused-ring (bicyclic) bond motifs is 2. The molecule has 6 rings (SSSR count). The Labute approximate surface area is 286 Å². The molecular weight excluding hydrogens is 597 g/mol. The van der Waals surface area contributed by atoms with Gasteiger partial charge in [0.15, 0.2) is 0 Å². The molecule has 2 nitrogen and oxygen atoms in total. The number of benzene rings is 4. The van der Waals surface area contributed by atoms with Crippen LogP contribution in [-0.4, -0.2) is 0 Å². The predicted molar refractivity (Wildman–Crippen MR) is 203 cm³/mol. The first kappa shape index (κ1) is 32.8. The van der Waals surface area contributed by atoms with E-state index in [0.717, 1.165) is 25.7 Å². The third kappa shape index (κ3) is 7.24. The summed E-state index contributed by atoms with van der Waals surface area (Å²) in [6.45, 7) is 9.19. The van der Waals surface area contributed by atoms with E-state index >= 15 is 0 Å². The molecule has 2 aliphatic rings. The minimum absolute atomic E-state index is 1.13. The van der Waals surface area contributed by atoms with Gasteiger partial charge in [0.05, 0.1) is 11.4 Å². The van der Waals surface area contributed by atoms with Gasteiger partial charge in [0.2, 0.25) is 0 Å². The molecule has 240 valence electrons. The second kappa shape index (κ2) is 15.7. The number of nitrogens with zero attached hydrogens (tertiary/aromatic N) is 2. The van der Waals surface area contributed by atoms with Gasteiger partial charge in [-0.25, -0.2) is 0 Å². The zero-order chi connectivity index (χ0) is 31.9. The maximum atomic E-state index is 2.57. The molecule has 4 aromatic carbocycles. The van der Waals surface area contributed by atoms with Crippen LogP contribution in [0.15, 0.2) is 105 Å². The van der Waals surface area contributed by atoms with E-state index in [0.29, 0.717) is 0 Å². The quantitative estimate of drug-likeness (QED) is 0.134. The predicted octanol–water partition coefficient (Wildman–Crippen LogP) is 13.4. The van der Waals surface area contributed by atoms with E-state index in [9.17, 15) is 0 Å². The maximum Gasteiger partial charge on any atom is 0.116 e. The molecule has 0 aliphatic carbocycles. The van der Waals surface area contributed by atoms with Crippen LogP contribution in [0.5, 0.6) is 0 Å². The average molecular weight is 647 g/mol. The number of thioether (sulfide) groups is 2. The summed E-state index contributed by atoms with van der Waals surface area (Å²) < 4.78 is 0. The first-order valence-corrected chi connectivity index (χ1v) is 19.4. The summed E-state index contributed by atoms with van der Waals surface area (Å²) in [7, 11) is 0. The minimum atomic E-state index is 1.13. The van der Waals surface area contributed by atoms with Crippen LogP contribution in [0.25, 0.3) is 0 Å². The van der Waals surface area contributed by atoms with Gasteiger partial charge in [-0.1, -0.05) is 113 Å². The summed E-state index contributed by atoms with van der Waals surface area (Å²) in [5.41, 5.74) is 11.1. The second-order valence-corrected chi connectivity index (χ2v) is 14.9. The molecule has 0 saturated heterocycles. The lowest BCUT2D eigenvalue weighted by Gasteiger charge is -2.28. The van der Waals surface area contributed by atoms with Crippen LogP contribution in [0, 0.1) is 0 Å². The van der Waals surface area contributed by atoms with E-state index < -0.39 is 0 Å². The Hall–Kier alpha value is -3.08. The number of para-hydroxylation sites is 2. The van der Waals surface area contributed by atoms with Crippen molar-refractivity contribution in [2.24, 2.45) is 0 Å². The van der Waals surface area contributed by atoms with Crippen molar-refractivity contribution < 1.29 is 0 Å². The van der Waals surface area contributed by atoms with Crippen molar-refractivity contribution in [3.05, 3.63) is 117 Å². The molecule has 0 fully saturated rings. The number of anilines is 4. The van der Waals surface area contributed by atoms with Crippen molar-refractivity contribution in [1.29, 1.82) is 0 Å². The van der Waals surface area contributed by atoms with Gasteiger partial charge in [0.1, 0.15) is 10.1 Å². The Balaban J connectivity index is 1.53. The fourth-order valence-electron chi connectivity index (χ4n) is 6.61. The number of hydrogen-bond acceptors (Lipinski definition) is 4. The Kier molecular flexibility index (Phi) is 11.2. The fraction of sp³-hybridized carbons (Fsp3) is 0.381. The molecule has 0 unspecified atom stereocenters. The molecule has 2 aliphatic heterocycles. The minimum Gasteiger partial charge on any atom is -0.301 e. The summed E-state index contributed by atoms with van der Waals surface area (Å²) in [4.78, 5) is 7.81. The lowest BCUT2D eigenvalue weighted by Crippen LogP contribution is -2.19. The molecule has 4 aromatic rings. The van der Waals surface area contributed by atoms with Gasteiger partial charge in [-0.2, -0.15) is 0 Å². The Morgan fingerprint density at radius 2 is 0.761 bits per heavy atom. The molecule has 0 bridgehead atoms. The highest BCUT2D eigenvalue weighted by molar-refractivity contribution is 8.07. The van der Waals surface area contributed by atoms with Gasteiger partial charge in [-0.15, -0.1) is 0 Å². The van der Waals surface area contributed by atoms with E-state index in [1.807, 2.05) is 23.5 Å². The molecule has 2 heterocycles. The lowest BCUT2D eigenvalue weighted by molar-refractivity contribution is 0.780. The molecule has 46 heavy (non-hydrogen) atoms. The third-order valence-electron chi connectivity index (χ3n) is 9.08. The summed E-state index contributed by atoms with van der Waals surface area (Å²) in [6.07, 6.45) is 14.3. The first-order chi connectivity index (χ1) is 22.6. The van der Waals surface area contributed by atoms with Crippen LogP contribution in [0.2, 0.25) is 0 Å². The van der Waals surface area contributed by atoms with Gasteiger partial charge in [0.25, 0.3) is 0 Å². The zero-order valence-electron chi connectivity index (χ0n) is 28.3. The average Bonchev–Trinajstić information content (AvgIpc) is 3.67. The smallest absolute Gasteiger partial charge is 0.116 e. The van der Waals surface area contributed by atoms with Crippen molar-refractivity contribution in [3.63, 3.8) is 0 Å². The summed E-state index contributed by atoms with van der Waals surface area (Å²) in [5, 5.41) is 2.62. The molecule has 0 amide bonds. The Morgan fingerprint density at radius 3 is 1.09 bits per heavy atom. The topological polar surface area (TPSA) is 6.48 Å². The molecular formula is C42H50N2S2. The maximum absolute atomic E-state index is 2.57. The van der Waals surface area contributed by atoms with Gasteiger partial charge in [0, 0.05) is 21.2 Å². The summed E-state index contributed by atoms with van der Waals surface area (Å²) in [6, 6.07) is 32.8. The zero-order valence-corrected chi connectivity index (χ0v) is 29.9. The highest BCUT2D eigenvalue weighted by atomic mass is 32.2. The van der Waals surface area contributed by atoms with E-state index in [1.165, 1.54) is 116 Å². The Morgan fingerprint density at radius 1 is 0.435 bits per heavy atom. The van der Waals surface area contributed by atoms with Gasteiger partial charge < -0.3 is 9.80 Å². The van der Waals surface area contributed by atoms with Crippen molar-refractivity contribution in [3.8, 4) is 0 Å². The van der Waals surface area contributed by atoms with Crippen molar-refractivity contribution >= 4 is 46.3 Å². The molecule has 4 heteroatoms. The molecule has 0 aromatic heterocycles. The monoisotopic (exact) mass is 646 g/mol. The van der Waals surface area contributed by atoms with Gasteiger partial charge in [-0.3, -0.25) is 0 Å². The molecule has 0 saturated carbocycles. The van der Waals surface area contributed by atoms with E-state index in [4.69, 9.17) is 0 Å². The van der Waals surface area contributed by atoms with E-state index in [-0.39, 0.29) is 0 Å². The Bertz CT molecular complexity index is 1500. The van der Waals surface area contributed by atoms with Gasteiger partial charge in [-0.05, 0) is 122 Å². The standard InChI is InChI=1S/C42H50N2S2/c1-5-9-17-31-25-32(18-10-6-2)28-35(27-31)43-37-21-13-15-23-39(37)45-41(43)42-44(38-22-14-16-24-40(38)46-42)36-29-33(19-11-7-3)26-34(30-36)20-12-8-4/h13-16,21-30H,5-12,17-20H2,1-4H3/b42-41+.